The van der Waals surface area contributed by atoms with Crippen LogP contribution >= 0.6 is 8.58 Å². The summed E-state index contributed by atoms with van der Waals surface area (Å²) in [5.74, 6) is 0.924. The Morgan fingerprint density at radius 1 is 1.04 bits per heavy atom. The molecule has 1 aliphatic rings. The lowest BCUT2D eigenvalue weighted by atomic mass is 9.98. The summed E-state index contributed by atoms with van der Waals surface area (Å²) in [6.07, 6.45) is 8.76. The highest BCUT2D eigenvalue weighted by Gasteiger charge is 2.19. The summed E-state index contributed by atoms with van der Waals surface area (Å²) < 4.78 is 12.1. The van der Waals surface area contributed by atoms with E-state index in [0.29, 0.717) is 11.8 Å². The molecule has 24 heavy (non-hydrogen) atoms. The van der Waals surface area contributed by atoms with E-state index in [1.807, 2.05) is 0 Å². The first kappa shape index (κ1) is 21.5. The molecule has 0 spiro atoms. The zero-order valence-corrected chi connectivity index (χ0v) is 17.3. The van der Waals surface area contributed by atoms with E-state index in [4.69, 9.17) is 9.47 Å². The molecular formula is C21H37O2P. The highest BCUT2D eigenvalue weighted by Crippen LogP contribution is 2.32. The molecular weight excluding hydrogens is 315 g/mol. The van der Waals surface area contributed by atoms with E-state index in [1.54, 1.807) is 0 Å². The van der Waals surface area contributed by atoms with Crippen LogP contribution in [-0.4, -0.2) is 19.1 Å². The zero-order chi connectivity index (χ0) is 17.8. The first-order valence-electron chi connectivity index (χ1n) is 9.73. The van der Waals surface area contributed by atoms with Crippen LogP contribution in [0.4, 0.5) is 0 Å². The molecule has 1 fully saturated rings. The van der Waals surface area contributed by atoms with Gasteiger partial charge in [0.1, 0.15) is 5.75 Å². The largest absolute Gasteiger partial charge is 0.465 e. The van der Waals surface area contributed by atoms with Crippen molar-refractivity contribution in [2.75, 3.05) is 6.66 Å². The van der Waals surface area contributed by atoms with Crippen molar-refractivity contribution in [1.82, 2.24) is 0 Å². The second-order valence-corrected chi connectivity index (χ2v) is 8.08. The van der Waals surface area contributed by atoms with Crippen LogP contribution < -0.4 is 4.74 Å². The van der Waals surface area contributed by atoms with E-state index < -0.39 is 0 Å². The van der Waals surface area contributed by atoms with E-state index in [2.05, 4.69) is 58.6 Å². The van der Waals surface area contributed by atoms with Crippen molar-refractivity contribution in [3.8, 4) is 5.75 Å². The van der Waals surface area contributed by atoms with Gasteiger partial charge in [0.15, 0.2) is 6.29 Å². The van der Waals surface area contributed by atoms with Gasteiger partial charge in [0.25, 0.3) is 0 Å². The van der Waals surface area contributed by atoms with E-state index in [9.17, 15) is 0 Å². The number of ether oxygens (including phenoxy) is 2. The van der Waals surface area contributed by atoms with E-state index in [1.165, 1.54) is 44.1 Å². The summed E-state index contributed by atoms with van der Waals surface area (Å²) in [4.78, 5) is 0. The van der Waals surface area contributed by atoms with Crippen molar-refractivity contribution in [3.05, 3.63) is 29.8 Å². The summed E-state index contributed by atoms with van der Waals surface area (Å²) in [5, 5.41) is 0. The summed E-state index contributed by atoms with van der Waals surface area (Å²) in [7, 11) is 0.939. The van der Waals surface area contributed by atoms with Crippen molar-refractivity contribution in [2.45, 2.75) is 90.7 Å². The SMILES string of the molecule is CCC.CCC(Oc1ccc(C(C)PC)cc1)OC1CCCCC1. The molecule has 1 aromatic carbocycles. The van der Waals surface area contributed by atoms with Gasteiger partial charge in [-0.1, -0.05) is 65.5 Å². The molecule has 0 radical (unpaired) electrons. The molecule has 1 saturated carbocycles. The third-order valence-corrected chi connectivity index (χ3v) is 5.51. The zero-order valence-electron chi connectivity index (χ0n) is 16.3. The topological polar surface area (TPSA) is 18.5 Å². The van der Waals surface area contributed by atoms with Crippen molar-refractivity contribution in [2.24, 2.45) is 0 Å². The van der Waals surface area contributed by atoms with Crippen molar-refractivity contribution in [1.29, 1.82) is 0 Å². The maximum absolute atomic E-state index is 6.12. The molecule has 3 unspecified atom stereocenters. The van der Waals surface area contributed by atoms with Gasteiger partial charge in [0.2, 0.25) is 0 Å². The Bertz CT molecular complexity index is 412. The molecule has 0 heterocycles. The molecule has 138 valence electrons. The molecule has 0 aliphatic heterocycles. The standard InChI is InChI=1S/C18H29O2P.C3H8/c1-4-18(19-16-8-6-5-7-9-16)20-17-12-10-15(11-13-17)14(2)21-3;1-3-2/h10-14,16,18,21H,4-9H2,1-3H3;3H2,1-2H3. The summed E-state index contributed by atoms with van der Waals surface area (Å²) >= 11 is 0. The molecule has 1 aromatic rings. The number of rotatable bonds is 7. The highest BCUT2D eigenvalue weighted by molar-refractivity contribution is 7.37. The van der Waals surface area contributed by atoms with Gasteiger partial charge >= 0.3 is 0 Å². The third-order valence-electron chi connectivity index (χ3n) is 4.31. The van der Waals surface area contributed by atoms with Gasteiger partial charge in [-0.2, -0.15) is 0 Å². The lowest BCUT2D eigenvalue weighted by Gasteiger charge is -2.27. The van der Waals surface area contributed by atoms with Crippen LogP contribution in [-0.2, 0) is 4.74 Å². The van der Waals surface area contributed by atoms with Gasteiger partial charge in [-0.05, 0) is 42.9 Å². The van der Waals surface area contributed by atoms with Gasteiger partial charge in [-0.3, -0.25) is 0 Å². The van der Waals surface area contributed by atoms with Gasteiger partial charge in [-0.25, -0.2) is 0 Å². The van der Waals surface area contributed by atoms with Gasteiger partial charge in [-0.15, -0.1) is 8.58 Å². The summed E-state index contributed by atoms with van der Waals surface area (Å²) in [5.41, 5.74) is 2.03. The molecule has 0 saturated heterocycles. The Balaban J connectivity index is 0.000000891. The molecule has 0 amide bonds. The average Bonchev–Trinajstić information content (AvgIpc) is 2.62. The smallest absolute Gasteiger partial charge is 0.199 e. The minimum Gasteiger partial charge on any atom is -0.465 e. The normalized spacial score (nSPS) is 18.0. The molecule has 3 atom stereocenters. The van der Waals surface area contributed by atoms with Crippen LogP contribution in [0, 0.1) is 0 Å². The van der Waals surface area contributed by atoms with E-state index >= 15 is 0 Å². The third kappa shape index (κ3) is 7.99. The molecule has 2 rings (SSSR count). The number of hydrogen-bond donors (Lipinski definition) is 0. The predicted molar refractivity (Wildman–Crippen MR) is 108 cm³/mol. The fourth-order valence-electron chi connectivity index (χ4n) is 2.78. The molecule has 3 heteroatoms. The Kier molecular flexibility index (Phi) is 11.4. The number of benzene rings is 1. The van der Waals surface area contributed by atoms with Crippen LogP contribution in [0.3, 0.4) is 0 Å². The molecule has 1 aliphatic carbocycles. The maximum Gasteiger partial charge on any atom is 0.199 e. The van der Waals surface area contributed by atoms with Crippen molar-refractivity contribution in [3.63, 3.8) is 0 Å². The fraction of sp³-hybridized carbons (Fsp3) is 0.714. The lowest BCUT2D eigenvalue weighted by molar-refractivity contribution is -0.129. The van der Waals surface area contributed by atoms with Gasteiger partial charge < -0.3 is 9.47 Å². The van der Waals surface area contributed by atoms with E-state index in [-0.39, 0.29) is 6.29 Å². The van der Waals surface area contributed by atoms with Crippen LogP contribution in [0.15, 0.2) is 24.3 Å². The number of hydrogen-bond acceptors (Lipinski definition) is 2. The second-order valence-electron chi connectivity index (χ2n) is 6.64. The Labute approximate surface area is 151 Å². The monoisotopic (exact) mass is 352 g/mol. The second kappa shape index (κ2) is 12.7. The predicted octanol–water partition coefficient (Wildman–Crippen LogP) is 6.94. The quantitative estimate of drug-likeness (QED) is 0.391. The van der Waals surface area contributed by atoms with Crippen LogP contribution in [0.2, 0.25) is 0 Å². The first-order valence-corrected chi connectivity index (χ1v) is 11.3. The van der Waals surface area contributed by atoms with Crippen LogP contribution in [0.1, 0.15) is 83.9 Å². The van der Waals surface area contributed by atoms with Crippen molar-refractivity contribution < 1.29 is 9.47 Å². The summed E-state index contributed by atoms with van der Waals surface area (Å²) in [6.45, 7) is 10.9. The van der Waals surface area contributed by atoms with Crippen LogP contribution in [0.25, 0.3) is 0 Å². The molecule has 0 aromatic heterocycles. The Morgan fingerprint density at radius 3 is 2.12 bits per heavy atom. The van der Waals surface area contributed by atoms with E-state index in [0.717, 1.165) is 20.8 Å². The van der Waals surface area contributed by atoms with Crippen LogP contribution in [0.5, 0.6) is 5.75 Å². The molecule has 0 bridgehead atoms. The van der Waals surface area contributed by atoms with Gasteiger partial charge in [0.05, 0.1) is 6.10 Å². The minimum atomic E-state index is -0.107. The Hall–Kier alpha value is -0.590. The summed E-state index contributed by atoms with van der Waals surface area (Å²) in [6, 6.07) is 8.53. The fourth-order valence-corrected chi connectivity index (χ4v) is 3.30. The molecule has 2 nitrogen and oxygen atoms in total. The average molecular weight is 352 g/mol. The molecule has 0 N–H and O–H groups in total. The maximum atomic E-state index is 6.12. The first-order chi connectivity index (χ1) is 11.6. The van der Waals surface area contributed by atoms with Crippen molar-refractivity contribution >= 4 is 8.58 Å². The van der Waals surface area contributed by atoms with Gasteiger partial charge in [0, 0.05) is 6.42 Å². The lowest BCUT2D eigenvalue weighted by Crippen LogP contribution is -2.28. The minimum absolute atomic E-state index is 0.107. The highest BCUT2D eigenvalue weighted by atomic mass is 31.1. The Morgan fingerprint density at radius 2 is 1.62 bits per heavy atom.